The van der Waals surface area contributed by atoms with Gasteiger partial charge in [0.25, 0.3) is 0 Å². The number of ether oxygens (including phenoxy) is 1. The van der Waals surface area contributed by atoms with E-state index in [4.69, 9.17) is 4.74 Å². The highest BCUT2D eigenvalue weighted by Crippen LogP contribution is 2.28. The van der Waals surface area contributed by atoms with E-state index in [0.29, 0.717) is 18.7 Å². The van der Waals surface area contributed by atoms with Gasteiger partial charge in [0.1, 0.15) is 17.7 Å². The average molecular weight is 592 g/mol. The minimum atomic E-state index is -0.800. The van der Waals surface area contributed by atoms with E-state index in [1.165, 1.54) is 12.8 Å². The van der Waals surface area contributed by atoms with Gasteiger partial charge in [0.2, 0.25) is 11.8 Å². The lowest BCUT2D eigenvalue weighted by Crippen LogP contribution is -2.54. The van der Waals surface area contributed by atoms with Crippen LogP contribution in [0.15, 0.2) is 18.2 Å². The van der Waals surface area contributed by atoms with E-state index >= 15 is 0 Å². The number of carbonyl (C=O) groups excluding carboxylic acids is 3. The van der Waals surface area contributed by atoms with Gasteiger partial charge in [-0.05, 0) is 83.9 Å². The van der Waals surface area contributed by atoms with Gasteiger partial charge in [0.05, 0.1) is 0 Å². The van der Waals surface area contributed by atoms with E-state index in [1.54, 1.807) is 37.4 Å². The summed E-state index contributed by atoms with van der Waals surface area (Å²) in [6.45, 7) is 16.1. The molecule has 0 aliphatic heterocycles. The van der Waals surface area contributed by atoms with E-state index in [-0.39, 0.29) is 17.9 Å². The summed E-state index contributed by atoms with van der Waals surface area (Å²) in [5, 5.41) is 6.02. The Balaban J connectivity index is 3.51. The van der Waals surface area contributed by atoms with E-state index in [0.717, 1.165) is 55.2 Å². The van der Waals surface area contributed by atoms with E-state index in [9.17, 15) is 14.4 Å². The minimum absolute atomic E-state index is 0.0149. The van der Waals surface area contributed by atoms with Crippen molar-refractivity contribution >= 4 is 29.7 Å². The maximum absolute atomic E-state index is 14.4. The molecule has 234 valence electrons. The van der Waals surface area contributed by atoms with Crippen molar-refractivity contribution in [1.29, 1.82) is 0 Å². The maximum Gasteiger partial charge on any atom is 0.408 e. The minimum Gasteiger partial charge on any atom is -0.444 e. The molecular weight excluding hydrogens is 534 g/mol. The van der Waals surface area contributed by atoms with Crippen molar-refractivity contribution in [2.75, 3.05) is 18.6 Å². The molecule has 0 aromatic heterocycles. The summed E-state index contributed by atoms with van der Waals surface area (Å²) >= 11 is 1.62. The first-order chi connectivity index (χ1) is 19.3. The zero-order valence-electron chi connectivity index (χ0n) is 27.2. The number of nitrogens with one attached hydrogen (secondary N) is 2. The fourth-order valence-corrected chi connectivity index (χ4v) is 5.45. The predicted molar refractivity (Wildman–Crippen MR) is 172 cm³/mol. The van der Waals surface area contributed by atoms with Crippen LogP contribution in [0.1, 0.15) is 122 Å². The van der Waals surface area contributed by atoms with Crippen LogP contribution in [0.4, 0.5) is 4.79 Å². The average Bonchev–Trinajstić information content (AvgIpc) is 2.87. The van der Waals surface area contributed by atoms with Gasteiger partial charge in [-0.2, -0.15) is 11.8 Å². The molecule has 0 saturated heterocycles. The van der Waals surface area contributed by atoms with Gasteiger partial charge in [-0.25, -0.2) is 4.79 Å². The van der Waals surface area contributed by atoms with Gasteiger partial charge < -0.3 is 20.3 Å². The first-order valence-electron chi connectivity index (χ1n) is 15.5. The first kappa shape index (κ1) is 36.8. The maximum atomic E-state index is 14.4. The lowest BCUT2D eigenvalue weighted by molar-refractivity contribution is -0.143. The third kappa shape index (κ3) is 14.0. The van der Waals surface area contributed by atoms with Crippen LogP contribution >= 0.6 is 11.8 Å². The summed E-state index contributed by atoms with van der Waals surface area (Å²) in [5.41, 5.74) is 2.20. The molecule has 3 atom stereocenters. The normalized spacial score (nSPS) is 13.7. The van der Waals surface area contributed by atoms with Gasteiger partial charge in [-0.3, -0.25) is 9.59 Å². The van der Waals surface area contributed by atoms with Gasteiger partial charge in [-0.15, -0.1) is 0 Å². The molecule has 7 nitrogen and oxygen atoms in total. The van der Waals surface area contributed by atoms with Crippen molar-refractivity contribution in [2.24, 2.45) is 0 Å². The molecule has 0 spiro atoms. The lowest BCUT2D eigenvalue weighted by Gasteiger charge is -2.36. The molecule has 0 aliphatic rings. The summed E-state index contributed by atoms with van der Waals surface area (Å²) in [4.78, 5) is 42.9. The van der Waals surface area contributed by atoms with E-state index in [1.807, 2.05) is 39.2 Å². The number of unbranched alkanes of at least 4 members (excludes halogenated alkanes) is 5. The van der Waals surface area contributed by atoms with Gasteiger partial charge in [0, 0.05) is 12.6 Å². The second kappa shape index (κ2) is 19.1. The fourth-order valence-electron chi connectivity index (χ4n) is 4.98. The van der Waals surface area contributed by atoms with Crippen LogP contribution in [0.25, 0.3) is 0 Å². The van der Waals surface area contributed by atoms with E-state index < -0.39 is 23.8 Å². The molecule has 3 amide bonds. The van der Waals surface area contributed by atoms with Gasteiger partial charge >= 0.3 is 6.09 Å². The Morgan fingerprint density at radius 1 is 0.951 bits per heavy atom. The molecule has 1 aromatic carbocycles. The van der Waals surface area contributed by atoms with Crippen molar-refractivity contribution in [3.8, 4) is 0 Å². The number of amides is 3. The molecule has 0 bridgehead atoms. The van der Waals surface area contributed by atoms with Crippen LogP contribution in [0.2, 0.25) is 0 Å². The number of thioether (sulfide) groups is 1. The third-order valence-electron chi connectivity index (χ3n) is 7.03. The topological polar surface area (TPSA) is 87.7 Å². The van der Waals surface area contributed by atoms with Gasteiger partial charge in [-0.1, -0.05) is 76.1 Å². The number of carbonyl (C=O) groups is 3. The van der Waals surface area contributed by atoms with Crippen LogP contribution in [0.3, 0.4) is 0 Å². The quantitative estimate of drug-likeness (QED) is 0.173. The van der Waals surface area contributed by atoms with Crippen molar-refractivity contribution in [1.82, 2.24) is 15.5 Å². The zero-order chi connectivity index (χ0) is 31.0. The molecule has 0 radical (unpaired) electrons. The molecule has 3 unspecified atom stereocenters. The first-order valence-corrected chi connectivity index (χ1v) is 16.9. The molecule has 0 heterocycles. The molecule has 0 fully saturated rings. The Kier molecular flexibility index (Phi) is 17.1. The molecule has 2 N–H and O–H groups in total. The molecule has 1 aromatic rings. The Hall–Kier alpha value is -2.22. The number of benzene rings is 1. The number of nitrogens with zero attached hydrogens (tertiary/aromatic N) is 1. The van der Waals surface area contributed by atoms with Crippen LogP contribution in [0, 0.1) is 13.8 Å². The van der Waals surface area contributed by atoms with E-state index in [2.05, 4.69) is 30.5 Å². The van der Waals surface area contributed by atoms with Crippen LogP contribution in [-0.2, 0) is 14.3 Å². The molecule has 0 aliphatic carbocycles. The molecular formula is C33H57N3O4S. The molecule has 8 heteroatoms. The monoisotopic (exact) mass is 591 g/mol. The molecule has 41 heavy (non-hydrogen) atoms. The van der Waals surface area contributed by atoms with Crippen molar-refractivity contribution < 1.29 is 19.1 Å². The van der Waals surface area contributed by atoms with Gasteiger partial charge in [0.15, 0.2) is 0 Å². The van der Waals surface area contributed by atoms with Crippen molar-refractivity contribution in [3.63, 3.8) is 0 Å². The highest BCUT2D eigenvalue weighted by Gasteiger charge is 2.37. The lowest BCUT2D eigenvalue weighted by atomic mass is 9.95. The Labute approximate surface area is 254 Å². The highest BCUT2D eigenvalue weighted by atomic mass is 32.2. The Bertz CT molecular complexity index is 947. The third-order valence-corrected chi connectivity index (χ3v) is 7.67. The van der Waals surface area contributed by atoms with Crippen molar-refractivity contribution in [3.05, 3.63) is 34.9 Å². The van der Waals surface area contributed by atoms with Crippen LogP contribution < -0.4 is 10.6 Å². The second-order valence-electron chi connectivity index (χ2n) is 12.2. The number of hydrogen-bond acceptors (Lipinski definition) is 5. The summed E-state index contributed by atoms with van der Waals surface area (Å²) < 4.78 is 5.51. The standard InChI is InChI=1S/C33H57N3O4S/c1-10-12-13-14-15-16-21-36(31(38)28(20-22-41-9)35-32(39)40-33(6,7)8)29(30(37)34-26(5)17-11-2)27-19-18-24(3)23-25(27)4/h18-19,23,26,28-29H,10-17,20-22H2,1-9H3,(H,34,37)(H,35,39). The van der Waals surface area contributed by atoms with Crippen LogP contribution in [-0.4, -0.2) is 59.0 Å². The Morgan fingerprint density at radius 3 is 2.20 bits per heavy atom. The predicted octanol–water partition coefficient (Wildman–Crippen LogP) is 7.48. The number of alkyl carbamates (subject to hydrolysis) is 1. The molecule has 0 saturated carbocycles. The van der Waals surface area contributed by atoms with Crippen molar-refractivity contribution in [2.45, 2.75) is 137 Å². The van der Waals surface area contributed by atoms with Crippen LogP contribution in [0.5, 0.6) is 0 Å². The summed E-state index contributed by atoms with van der Waals surface area (Å²) in [6, 6.07) is 4.41. The zero-order valence-corrected chi connectivity index (χ0v) is 28.0. The smallest absolute Gasteiger partial charge is 0.408 e. The highest BCUT2D eigenvalue weighted by molar-refractivity contribution is 7.98. The number of hydrogen-bond donors (Lipinski definition) is 2. The number of aryl methyl sites for hydroxylation is 2. The fraction of sp³-hybridized carbons (Fsp3) is 0.727. The second-order valence-corrected chi connectivity index (χ2v) is 13.2. The Morgan fingerprint density at radius 2 is 1.61 bits per heavy atom. The molecule has 1 rings (SSSR count). The summed E-state index contributed by atoms with van der Waals surface area (Å²) in [6.07, 6.45) is 9.99. The number of rotatable bonds is 18. The largest absolute Gasteiger partial charge is 0.444 e. The summed E-state index contributed by atoms with van der Waals surface area (Å²) in [7, 11) is 0. The SMILES string of the molecule is CCCCCCCCN(C(=O)C(CCSC)NC(=O)OC(C)(C)C)C(C(=O)NC(C)CCC)c1ccc(C)cc1C. The summed E-state index contributed by atoms with van der Waals surface area (Å²) in [5.74, 6) is 0.255.